The predicted molar refractivity (Wildman–Crippen MR) is 83.7 cm³/mol. The third kappa shape index (κ3) is 3.65. The molecule has 0 spiro atoms. The lowest BCUT2D eigenvalue weighted by Gasteiger charge is -2.24. The van der Waals surface area contributed by atoms with Gasteiger partial charge in [0.05, 0.1) is 7.11 Å². The highest BCUT2D eigenvalue weighted by Crippen LogP contribution is 2.28. The van der Waals surface area contributed by atoms with Gasteiger partial charge in [0.1, 0.15) is 17.0 Å². The standard InChI is InChI=1S/C15H19NO5S/c1-10-7-11(3-4-12(10)20-2)21-8-13(17)16-15(14(18)19)5-6-22-9-15/h3-4,7H,5-6,8-9H2,1-2H3,(H,16,17)(H,18,19). The topological polar surface area (TPSA) is 84.9 Å². The lowest BCUT2D eigenvalue weighted by molar-refractivity contribution is -0.146. The van der Waals surface area contributed by atoms with Gasteiger partial charge in [0.25, 0.3) is 5.91 Å². The molecule has 1 fully saturated rings. The van der Waals surface area contributed by atoms with Crippen molar-refractivity contribution in [1.29, 1.82) is 0 Å². The van der Waals surface area contributed by atoms with E-state index in [9.17, 15) is 14.7 Å². The average Bonchev–Trinajstić information content (AvgIpc) is 2.95. The number of amides is 1. The largest absolute Gasteiger partial charge is 0.496 e. The molecule has 22 heavy (non-hydrogen) atoms. The zero-order valence-corrected chi connectivity index (χ0v) is 13.4. The molecule has 1 heterocycles. The second kappa shape index (κ2) is 6.91. The fourth-order valence-corrected chi connectivity index (χ4v) is 3.60. The first-order chi connectivity index (χ1) is 10.5. The summed E-state index contributed by atoms with van der Waals surface area (Å²) in [6, 6.07) is 5.23. The third-order valence-corrected chi connectivity index (χ3v) is 4.74. The summed E-state index contributed by atoms with van der Waals surface area (Å²) >= 11 is 1.52. The Kier molecular flexibility index (Phi) is 5.18. The number of carbonyl (C=O) groups excluding carboxylic acids is 1. The molecule has 1 aliphatic rings. The monoisotopic (exact) mass is 325 g/mol. The van der Waals surface area contributed by atoms with Crippen LogP contribution in [0.25, 0.3) is 0 Å². The maximum Gasteiger partial charge on any atom is 0.330 e. The molecule has 0 radical (unpaired) electrons. The number of hydrogen-bond donors (Lipinski definition) is 2. The Morgan fingerprint density at radius 2 is 2.23 bits per heavy atom. The normalized spacial score (nSPS) is 20.5. The molecule has 0 aliphatic carbocycles. The highest BCUT2D eigenvalue weighted by molar-refractivity contribution is 7.99. The van der Waals surface area contributed by atoms with E-state index in [2.05, 4.69) is 5.32 Å². The van der Waals surface area contributed by atoms with E-state index in [1.54, 1.807) is 25.3 Å². The van der Waals surface area contributed by atoms with Gasteiger partial charge in [-0.15, -0.1) is 0 Å². The molecule has 6 nitrogen and oxygen atoms in total. The van der Waals surface area contributed by atoms with Crippen LogP contribution in [0.1, 0.15) is 12.0 Å². The molecule has 2 rings (SSSR count). The first kappa shape index (κ1) is 16.5. The summed E-state index contributed by atoms with van der Waals surface area (Å²) in [7, 11) is 1.58. The van der Waals surface area contributed by atoms with Crippen LogP contribution in [0, 0.1) is 6.92 Å². The molecule has 1 saturated heterocycles. The molecular weight excluding hydrogens is 306 g/mol. The number of carboxylic acids is 1. The van der Waals surface area contributed by atoms with Crippen molar-refractivity contribution in [3.8, 4) is 11.5 Å². The summed E-state index contributed by atoms with van der Waals surface area (Å²) in [6.07, 6.45) is 0.431. The van der Waals surface area contributed by atoms with Gasteiger partial charge in [0.15, 0.2) is 6.61 Å². The van der Waals surface area contributed by atoms with E-state index in [-0.39, 0.29) is 6.61 Å². The van der Waals surface area contributed by atoms with E-state index in [1.807, 2.05) is 6.92 Å². The second-order valence-corrected chi connectivity index (χ2v) is 6.26. The molecule has 0 saturated carbocycles. The van der Waals surface area contributed by atoms with Crippen LogP contribution < -0.4 is 14.8 Å². The molecule has 1 amide bonds. The maximum atomic E-state index is 12.0. The fraction of sp³-hybridized carbons (Fsp3) is 0.467. The van der Waals surface area contributed by atoms with Crippen LogP contribution >= 0.6 is 11.8 Å². The zero-order valence-electron chi connectivity index (χ0n) is 12.5. The Morgan fingerprint density at radius 3 is 2.77 bits per heavy atom. The molecule has 7 heteroatoms. The highest BCUT2D eigenvalue weighted by Gasteiger charge is 2.43. The molecule has 1 aliphatic heterocycles. The first-order valence-corrected chi connectivity index (χ1v) is 8.02. The number of carbonyl (C=O) groups is 2. The van der Waals surface area contributed by atoms with E-state index in [1.165, 1.54) is 11.8 Å². The van der Waals surface area contributed by atoms with Crippen molar-refractivity contribution >= 4 is 23.6 Å². The lowest BCUT2D eigenvalue weighted by Crippen LogP contribution is -2.55. The number of hydrogen-bond acceptors (Lipinski definition) is 5. The van der Waals surface area contributed by atoms with E-state index in [0.717, 1.165) is 17.1 Å². The predicted octanol–water partition coefficient (Wildman–Crippen LogP) is 1.46. The molecule has 1 aromatic rings. The minimum atomic E-state index is -1.17. The van der Waals surface area contributed by atoms with Gasteiger partial charge in [-0.3, -0.25) is 4.79 Å². The lowest BCUT2D eigenvalue weighted by atomic mass is 9.99. The molecular formula is C15H19NO5S. The van der Waals surface area contributed by atoms with Gasteiger partial charge in [-0.1, -0.05) is 0 Å². The Morgan fingerprint density at radius 1 is 1.45 bits per heavy atom. The highest BCUT2D eigenvalue weighted by atomic mass is 32.2. The van der Waals surface area contributed by atoms with Crippen LogP contribution in [0.3, 0.4) is 0 Å². The van der Waals surface area contributed by atoms with Crippen molar-refractivity contribution in [3.63, 3.8) is 0 Å². The van der Waals surface area contributed by atoms with E-state index < -0.39 is 17.4 Å². The molecule has 1 aromatic carbocycles. The third-order valence-electron chi connectivity index (χ3n) is 3.55. The summed E-state index contributed by atoms with van der Waals surface area (Å²) < 4.78 is 10.6. The average molecular weight is 325 g/mol. The summed E-state index contributed by atoms with van der Waals surface area (Å²) in [5.74, 6) is 0.966. The zero-order chi connectivity index (χ0) is 16.2. The smallest absolute Gasteiger partial charge is 0.330 e. The summed E-state index contributed by atoms with van der Waals surface area (Å²) in [5, 5.41) is 11.9. The van der Waals surface area contributed by atoms with Crippen molar-refractivity contribution in [1.82, 2.24) is 5.32 Å². The van der Waals surface area contributed by atoms with Gasteiger partial charge in [-0.2, -0.15) is 11.8 Å². The van der Waals surface area contributed by atoms with Crippen molar-refractivity contribution in [2.24, 2.45) is 0 Å². The van der Waals surface area contributed by atoms with Gasteiger partial charge < -0.3 is 19.9 Å². The van der Waals surface area contributed by atoms with E-state index in [4.69, 9.17) is 9.47 Å². The van der Waals surface area contributed by atoms with Crippen molar-refractivity contribution in [3.05, 3.63) is 23.8 Å². The van der Waals surface area contributed by atoms with Gasteiger partial charge in [-0.25, -0.2) is 4.79 Å². The van der Waals surface area contributed by atoms with Gasteiger partial charge in [0.2, 0.25) is 0 Å². The number of aryl methyl sites for hydroxylation is 1. The first-order valence-electron chi connectivity index (χ1n) is 6.86. The minimum Gasteiger partial charge on any atom is -0.496 e. The Balaban J connectivity index is 1.92. The van der Waals surface area contributed by atoms with Gasteiger partial charge in [0, 0.05) is 5.75 Å². The maximum absolute atomic E-state index is 12.0. The van der Waals surface area contributed by atoms with Crippen LogP contribution in [0.4, 0.5) is 0 Å². The van der Waals surface area contributed by atoms with Crippen LogP contribution in [0.15, 0.2) is 18.2 Å². The molecule has 1 unspecified atom stereocenters. The number of benzene rings is 1. The van der Waals surface area contributed by atoms with Crippen molar-refractivity contribution in [2.75, 3.05) is 25.2 Å². The summed E-state index contributed by atoms with van der Waals surface area (Å²) in [6.45, 7) is 1.66. The number of nitrogens with one attached hydrogen (secondary N) is 1. The summed E-state index contributed by atoms with van der Waals surface area (Å²) in [4.78, 5) is 23.3. The number of ether oxygens (including phenoxy) is 2. The molecule has 120 valence electrons. The summed E-state index contributed by atoms with van der Waals surface area (Å²) in [5.41, 5.74) is -0.268. The molecule has 1 atom stereocenters. The molecule has 2 N–H and O–H groups in total. The van der Waals surface area contributed by atoms with Crippen molar-refractivity contribution in [2.45, 2.75) is 18.9 Å². The Hall–Kier alpha value is -1.89. The van der Waals surface area contributed by atoms with Gasteiger partial charge >= 0.3 is 5.97 Å². The van der Waals surface area contributed by atoms with Crippen LogP contribution in [0.2, 0.25) is 0 Å². The van der Waals surface area contributed by atoms with E-state index >= 15 is 0 Å². The number of rotatable bonds is 6. The Labute approximate surface area is 133 Å². The van der Waals surface area contributed by atoms with Crippen LogP contribution in [-0.4, -0.2) is 47.7 Å². The molecule has 0 bridgehead atoms. The SMILES string of the molecule is COc1ccc(OCC(=O)NC2(C(=O)O)CCSC2)cc1C. The number of thioether (sulfide) groups is 1. The number of methoxy groups -OCH3 is 1. The van der Waals surface area contributed by atoms with E-state index in [0.29, 0.717) is 17.9 Å². The number of carboxylic acid groups (broad SMARTS) is 1. The second-order valence-electron chi connectivity index (χ2n) is 5.16. The minimum absolute atomic E-state index is 0.217. The quantitative estimate of drug-likeness (QED) is 0.824. The van der Waals surface area contributed by atoms with Crippen LogP contribution in [0.5, 0.6) is 11.5 Å². The Bertz CT molecular complexity index is 569. The van der Waals surface area contributed by atoms with Gasteiger partial charge in [-0.05, 0) is 42.9 Å². The fourth-order valence-electron chi connectivity index (χ4n) is 2.28. The molecule has 0 aromatic heterocycles. The van der Waals surface area contributed by atoms with Crippen molar-refractivity contribution < 1.29 is 24.2 Å². The number of aliphatic carboxylic acids is 1. The van der Waals surface area contributed by atoms with Crippen LogP contribution in [-0.2, 0) is 9.59 Å².